The number of carbonyl (C=O) groups excluding carboxylic acids is 1. The van der Waals surface area contributed by atoms with Crippen LogP contribution in [-0.2, 0) is 11.2 Å². The number of amides is 1. The third-order valence-corrected chi connectivity index (χ3v) is 2.66. The van der Waals surface area contributed by atoms with Crippen molar-refractivity contribution in [3.63, 3.8) is 0 Å². The van der Waals surface area contributed by atoms with Gasteiger partial charge < -0.3 is 10.4 Å². The fraction of sp³-hybridized carbons (Fsp3) is 0.0769. The third kappa shape index (κ3) is 3.21. The number of benzene rings is 1. The van der Waals surface area contributed by atoms with E-state index in [1.54, 1.807) is 30.6 Å². The highest BCUT2D eigenvalue weighted by Crippen LogP contribution is 2.26. The van der Waals surface area contributed by atoms with Gasteiger partial charge in [0.05, 0.1) is 11.4 Å². The molecule has 5 heteroatoms. The Kier molecular flexibility index (Phi) is 3.79. The fourth-order valence-electron chi connectivity index (χ4n) is 1.48. The van der Waals surface area contributed by atoms with Gasteiger partial charge in [-0.3, -0.25) is 9.78 Å². The maximum absolute atomic E-state index is 11.7. The molecule has 2 rings (SSSR count). The van der Waals surface area contributed by atoms with Crippen molar-refractivity contribution >= 4 is 23.2 Å². The van der Waals surface area contributed by atoms with Crippen LogP contribution in [0, 0.1) is 0 Å². The Hall–Kier alpha value is -2.07. The first-order chi connectivity index (χ1) is 8.65. The molecule has 0 saturated heterocycles. The molecule has 0 spiro atoms. The van der Waals surface area contributed by atoms with Crippen molar-refractivity contribution in [3.8, 4) is 5.75 Å². The topological polar surface area (TPSA) is 62.2 Å². The highest BCUT2D eigenvalue weighted by atomic mass is 35.5. The average molecular weight is 263 g/mol. The number of nitrogens with zero attached hydrogens (tertiary/aromatic N) is 1. The number of anilines is 1. The number of nitrogens with one attached hydrogen (secondary N) is 1. The van der Waals surface area contributed by atoms with E-state index in [2.05, 4.69) is 10.3 Å². The van der Waals surface area contributed by atoms with Gasteiger partial charge in [-0.15, -0.1) is 0 Å². The molecular formula is C13H11ClN2O2. The van der Waals surface area contributed by atoms with Crippen LogP contribution in [0.4, 0.5) is 5.69 Å². The van der Waals surface area contributed by atoms with Crippen LogP contribution in [0.5, 0.6) is 5.75 Å². The smallest absolute Gasteiger partial charge is 0.228 e. The van der Waals surface area contributed by atoms with Gasteiger partial charge in [0.1, 0.15) is 5.75 Å². The molecule has 1 aromatic heterocycles. The predicted molar refractivity (Wildman–Crippen MR) is 69.7 cm³/mol. The van der Waals surface area contributed by atoms with E-state index in [0.29, 0.717) is 5.69 Å². The number of aromatic hydroxyl groups is 1. The molecule has 0 aliphatic heterocycles. The summed E-state index contributed by atoms with van der Waals surface area (Å²) >= 11 is 5.68. The van der Waals surface area contributed by atoms with Crippen molar-refractivity contribution in [1.29, 1.82) is 0 Å². The standard InChI is InChI=1S/C13H11ClN2O2/c14-11-2-1-10(8-12(11)17)16-13(18)7-9-3-5-15-6-4-9/h1-6,8,17H,7H2,(H,16,18). The maximum atomic E-state index is 11.7. The lowest BCUT2D eigenvalue weighted by molar-refractivity contribution is -0.115. The zero-order chi connectivity index (χ0) is 13.0. The molecule has 0 radical (unpaired) electrons. The third-order valence-electron chi connectivity index (χ3n) is 2.34. The van der Waals surface area contributed by atoms with Gasteiger partial charge in [-0.1, -0.05) is 11.6 Å². The normalized spacial score (nSPS) is 10.1. The number of carbonyl (C=O) groups is 1. The summed E-state index contributed by atoms with van der Waals surface area (Å²) in [5.41, 5.74) is 1.39. The van der Waals surface area contributed by atoms with Crippen LogP contribution in [-0.4, -0.2) is 16.0 Å². The zero-order valence-electron chi connectivity index (χ0n) is 9.43. The van der Waals surface area contributed by atoms with Crippen molar-refractivity contribution < 1.29 is 9.90 Å². The van der Waals surface area contributed by atoms with Crippen LogP contribution in [0.1, 0.15) is 5.56 Å². The Balaban J connectivity index is 2.01. The molecule has 1 amide bonds. The molecule has 1 aromatic carbocycles. The molecular weight excluding hydrogens is 252 g/mol. The Bertz CT molecular complexity index is 558. The molecule has 0 bridgehead atoms. The molecule has 0 atom stereocenters. The summed E-state index contributed by atoms with van der Waals surface area (Å²) in [7, 11) is 0. The van der Waals surface area contributed by atoms with Crippen molar-refractivity contribution in [2.75, 3.05) is 5.32 Å². The quantitative estimate of drug-likeness (QED) is 0.894. The summed E-state index contributed by atoms with van der Waals surface area (Å²) in [6.45, 7) is 0. The number of hydrogen-bond acceptors (Lipinski definition) is 3. The summed E-state index contributed by atoms with van der Waals surface area (Å²) in [5.74, 6) is -0.221. The number of phenols is 1. The molecule has 92 valence electrons. The average Bonchev–Trinajstić information content (AvgIpc) is 2.35. The van der Waals surface area contributed by atoms with E-state index in [0.717, 1.165) is 5.56 Å². The summed E-state index contributed by atoms with van der Waals surface area (Å²) in [5, 5.41) is 12.3. The minimum absolute atomic E-state index is 0.0571. The number of pyridine rings is 1. The predicted octanol–water partition coefficient (Wildman–Crippen LogP) is 2.62. The van der Waals surface area contributed by atoms with E-state index < -0.39 is 0 Å². The van der Waals surface area contributed by atoms with Gasteiger partial charge in [-0.05, 0) is 29.8 Å². The van der Waals surface area contributed by atoms with Gasteiger partial charge in [0.15, 0.2) is 0 Å². The van der Waals surface area contributed by atoms with Gasteiger partial charge in [-0.25, -0.2) is 0 Å². The van der Waals surface area contributed by atoms with E-state index >= 15 is 0 Å². The highest BCUT2D eigenvalue weighted by molar-refractivity contribution is 6.32. The Morgan fingerprint density at radius 1 is 1.28 bits per heavy atom. The van der Waals surface area contributed by atoms with Crippen LogP contribution in [0.15, 0.2) is 42.7 Å². The van der Waals surface area contributed by atoms with Gasteiger partial charge >= 0.3 is 0 Å². The number of rotatable bonds is 3. The van der Waals surface area contributed by atoms with Crippen LogP contribution in [0.3, 0.4) is 0 Å². The van der Waals surface area contributed by atoms with Crippen molar-refractivity contribution in [3.05, 3.63) is 53.3 Å². The minimum Gasteiger partial charge on any atom is -0.506 e. The Morgan fingerprint density at radius 3 is 2.67 bits per heavy atom. The summed E-state index contributed by atoms with van der Waals surface area (Å²) in [4.78, 5) is 15.6. The molecule has 18 heavy (non-hydrogen) atoms. The molecule has 0 unspecified atom stereocenters. The minimum atomic E-state index is -0.164. The van der Waals surface area contributed by atoms with Crippen molar-refractivity contribution in [2.45, 2.75) is 6.42 Å². The zero-order valence-corrected chi connectivity index (χ0v) is 10.2. The monoisotopic (exact) mass is 262 g/mol. The molecule has 0 fully saturated rings. The second-order valence-electron chi connectivity index (χ2n) is 3.75. The van der Waals surface area contributed by atoms with Gasteiger partial charge in [0, 0.05) is 24.1 Å². The van der Waals surface area contributed by atoms with Crippen LogP contribution in [0.25, 0.3) is 0 Å². The Labute approximate surface area is 109 Å². The first-order valence-electron chi connectivity index (χ1n) is 5.32. The lowest BCUT2D eigenvalue weighted by atomic mass is 10.2. The van der Waals surface area contributed by atoms with Gasteiger partial charge in [0.25, 0.3) is 0 Å². The van der Waals surface area contributed by atoms with Crippen molar-refractivity contribution in [2.24, 2.45) is 0 Å². The molecule has 4 nitrogen and oxygen atoms in total. The number of phenolic OH excluding ortho intramolecular Hbond substituents is 1. The SMILES string of the molecule is O=C(Cc1ccncc1)Nc1ccc(Cl)c(O)c1. The van der Waals surface area contributed by atoms with E-state index in [1.165, 1.54) is 12.1 Å². The molecule has 2 N–H and O–H groups in total. The number of hydrogen-bond donors (Lipinski definition) is 2. The van der Waals surface area contributed by atoms with E-state index in [1.807, 2.05) is 0 Å². The van der Waals surface area contributed by atoms with Crippen LogP contribution >= 0.6 is 11.6 Å². The second-order valence-corrected chi connectivity index (χ2v) is 4.15. The van der Waals surface area contributed by atoms with E-state index in [-0.39, 0.29) is 23.1 Å². The van der Waals surface area contributed by atoms with Gasteiger partial charge in [-0.2, -0.15) is 0 Å². The largest absolute Gasteiger partial charge is 0.506 e. The Morgan fingerprint density at radius 2 is 2.00 bits per heavy atom. The first kappa shape index (κ1) is 12.4. The molecule has 1 heterocycles. The number of halogens is 1. The first-order valence-corrected chi connectivity index (χ1v) is 5.70. The lowest BCUT2D eigenvalue weighted by Crippen LogP contribution is -2.14. The molecule has 0 aliphatic carbocycles. The molecule has 0 saturated carbocycles. The summed E-state index contributed by atoms with van der Waals surface area (Å²) in [6.07, 6.45) is 3.53. The summed E-state index contributed by atoms with van der Waals surface area (Å²) < 4.78 is 0. The summed E-state index contributed by atoms with van der Waals surface area (Å²) in [6, 6.07) is 8.12. The van der Waals surface area contributed by atoms with Crippen molar-refractivity contribution in [1.82, 2.24) is 4.98 Å². The maximum Gasteiger partial charge on any atom is 0.228 e. The second kappa shape index (κ2) is 5.51. The lowest BCUT2D eigenvalue weighted by Gasteiger charge is -2.06. The van der Waals surface area contributed by atoms with Gasteiger partial charge in [0.2, 0.25) is 5.91 Å². The molecule has 0 aliphatic rings. The van der Waals surface area contributed by atoms with E-state index in [9.17, 15) is 9.90 Å². The fourth-order valence-corrected chi connectivity index (χ4v) is 1.60. The highest BCUT2D eigenvalue weighted by Gasteiger charge is 2.05. The van der Waals surface area contributed by atoms with E-state index in [4.69, 9.17) is 11.6 Å². The molecule has 2 aromatic rings. The van der Waals surface area contributed by atoms with Crippen LogP contribution in [0.2, 0.25) is 5.02 Å². The van der Waals surface area contributed by atoms with Crippen LogP contribution < -0.4 is 5.32 Å². The number of aromatic nitrogens is 1.